The van der Waals surface area contributed by atoms with Crippen molar-refractivity contribution in [2.45, 2.75) is 6.92 Å². The fourth-order valence-electron chi connectivity index (χ4n) is 1.28. The van der Waals surface area contributed by atoms with E-state index >= 15 is 0 Å². The molecule has 0 saturated carbocycles. The molecule has 1 amide bonds. The Kier molecular flexibility index (Phi) is 5.60. The van der Waals surface area contributed by atoms with Gasteiger partial charge in [-0.05, 0) is 53.8 Å². The Balaban J connectivity index is 2.78. The summed E-state index contributed by atoms with van der Waals surface area (Å²) in [5.74, 6) is 0.105. The van der Waals surface area contributed by atoms with E-state index < -0.39 is 0 Å². The zero-order valence-electron chi connectivity index (χ0n) is 8.54. The summed E-state index contributed by atoms with van der Waals surface area (Å²) >= 11 is 5.58. The van der Waals surface area contributed by atoms with Crippen molar-refractivity contribution in [3.05, 3.63) is 33.4 Å². The van der Waals surface area contributed by atoms with E-state index in [-0.39, 0.29) is 5.91 Å². The van der Waals surface area contributed by atoms with Gasteiger partial charge in [-0.2, -0.15) is 0 Å². The number of amides is 1. The van der Waals surface area contributed by atoms with Gasteiger partial charge in [-0.1, -0.05) is 15.9 Å². The van der Waals surface area contributed by atoms with Crippen LogP contribution in [0, 0.1) is 3.57 Å². The zero-order valence-corrected chi connectivity index (χ0v) is 12.3. The first-order valence-corrected chi connectivity index (χ1v) is 7.00. The zero-order chi connectivity index (χ0) is 11.3. The van der Waals surface area contributed by atoms with Gasteiger partial charge in [0.15, 0.2) is 0 Å². The Labute approximate surface area is 112 Å². The van der Waals surface area contributed by atoms with Crippen LogP contribution in [-0.4, -0.2) is 29.2 Å². The molecule has 0 aromatic heterocycles. The van der Waals surface area contributed by atoms with Crippen LogP contribution < -0.4 is 0 Å². The number of alkyl halides is 1. The summed E-state index contributed by atoms with van der Waals surface area (Å²) in [7, 11) is 0. The SMILES string of the molecule is CCN(CCBr)C(=O)c1ccc(I)cc1. The van der Waals surface area contributed by atoms with Crippen molar-refractivity contribution in [2.24, 2.45) is 0 Å². The van der Waals surface area contributed by atoms with Crippen molar-refractivity contribution in [1.82, 2.24) is 4.90 Å². The van der Waals surface area contributed by atoms with Crippen LogP contribution in [0.2, 0.25) is 0 Å². The number of carbonyl (C=O) groups is 1. The smallest absolute Gasteiger partial charge is 0.253 e. The second-order valence-corrected chi connectivity index (χ2v) is 5.12. The molecular formula is C11H13BrINO. The number of carbonyl (C=O) groups excluding carboxylic acids is 1. The van der Waals surface area contributed by atoms with Crippen molar-refractivity contribution >= 4 is 44.4 Å². The lowest BCUT2D eigenvalue weighted by molar-refractivity contribution is 0.0775. The minimum Gasteiger partial charge on any atom is -0.338 e. The molecule has 0 aliphatic heterocycles. The molecule has 0 heterocycles. The first kappa shape index (κ1) is 13.0. The molecule has 0 radical (unpaired) electrons. The number of rotatable bonds is 4. The van der Waals surface area contributed by atoms with Gasteiger partial charge in [-0.15, -0.1) is 0 Å². The molecule has 4 heteroatoms. The summed E-state index contributed by atoms with van der Waals surface area (Å²) in [6, 6.07) is 7.66. The highest BCUT2D eigenvalue weighted by molar-refractivity contribution is 14.1. The molecule has 1 rings (SSSR count). The van der Waals surface area contributed by atoms with E-state index in [2.05, 4.69) is 38.5 Å². The largest absolute Gasteiger partial charge is 0.338 e. The third-order valence-electron chi connectivity index (χ3n) is 2.11. The Morgan fingerprint density at radius 2 is 2.00 bits per heavy atom. The lowest BCUT2D eigenvalue weighted by Gasteiger charge is -2.19. The standard InChI is InChI=1S/C11H13BrINO/c1-2-14(8-7-12)11(15)9-3-5-10(13)6-4-9/h3-6H,2,7-8H2,1H3. The lowest BCUT2D eigenvalue weighted by Crippen LogP contribution is -2.32. The fraction of sp³-hybridized carbons (Fsp3) is 0.364. The first-order chi connectivity index (χ1) is 7.19. The Bertz CT molecular complexity index is 326. The molecule has 0 spiro atoms. The third-order valence-corrected chi connectivity index (χ3v) is 3.19. The maximum absolute atomic E-state index is 12.0. The maximum Gasteiger partial charge on any atom is 0.253 e. The summed E-state index contributed by atoms with van der Waals surface area (Å²) in [4.78, 5) is 13.8. The van der Waals surface area contributed by atoms with Gasteiger partial charge in [0.2, 0.25) is 0 Å². The van der Waals surface area contributed by atoms with Crippen LogP contribution in [-0.2, 0) is 0 Å². The van der Waals surface area contributed by atoms with Gasteiger partial charge in [-0.25, -0.2) is 0 Å². The number of hydrogen-bond acceptors (Lipinski definition) is 1. The Morgan fingerprint density at radius 3 is 2.47 bits per heavy atom. The van der Waals surface area contributed by atoms with Crippen LogP contribution in [0.4, 0.5) is 0 Å². The number of nitrogens with zero attached hydrogens (tertiary/aromatic N) is 1. The minimum absolute atomic E-state index is 0.105. The highest BCUT2D eigenvalue weighted by Crippen LogP contribution is 2.09. The maximum atomic E-state index is 12.0. The van der Waals surface area contributed by atoms with Crippen molar-refractivity contribution in [1.29, 1.82) is 0 Å². The normalized spacial score (nSPS) is 10.1. The highest BCUT2D eigenvalue weighted by atomic mass is 127. The number of benzene rings is 1. The average Bonchev–Trinajstić information content (AvgIpc) is 2.26. The lowest BCUT2D eigenvalue weighted by atomic mass is 10.2. The second-order valence-electron chi connectivity index (χ2n) is 3.08. The molecule has 15 heavy (non-hydrogen) atoms. The summed E-state index contributed by atoms with van der Waals surface area (Å²) in [5.41, 5.74) is 0.762. The molecular weight excluding hydrogens is 369 g/mol. The van der Waals surface area contributed by atoms with Crippen LogP contribution in [0.25, 0.3) is 0 Å². The molecule has 1 aromatic rings. The molecule has 0 aliphatic carbocycles. The topological polar surface area (TPSA) is 20.3 Å². The Morgan fingerprint density at radius 1 is 1.40 bits per heavy atom. The van der Waals surface area contributed by atoms with E-state index in [1.54, 1.807) is 0 Å². The minimum atomic E-state index is 0.105. The van der Waals surface area contributed by atoms with Gasteiger partial charge >= 0.3 is 0 Å². The average molecular weight is 382 g/mol. The van der Waals surface area contributed by atoms with Gasteiger partial charge in [0, 0.05) is 27.6 Å². The van der Waals surface area contributed by atoms with Gasteiger partial charge in [0.1, 0.15) is 0 Å². The van der Waals surface area contributed by atoms with Gasteiger partial charge in [0.05, 0.1) is 0 Å². The van der Waals surface area contributed by atoms with Crippen molar-refractivity contribution in [3.63, 3.8) is 0 Å². The van der Waals surface area contributed by atoms with Crippen molar-refractivity contribution < 1.29 is 4.79 Å². The molecule has 0 unspecified atom stereocenters. The second kappa shape index (κ2) is 6.48. The van der Waals surface area contributed by atoms with E-state index in [4.69, 9.17) is 0 Å². The third kappa shape index (κ3) is 3.75. The molecule has 0 bridgehead atoms. The molecule has 0 saturated heterocycles. The molecule has 0 fully saturated rings. The van der Waals surface area contributed by atoms with Crippen molar-refractivity contribution in [2.75, 3.05) is 18.4 Å². The molecule has 2 nitrogen and oxygen atoms in total. The quantitative estimate of drug-likeness (QED) is 0.579. The van der Waals surface area contributed by atoms with E-state index in [1.807, 2.05) is 36.1 Å². The summed E-state index contributed by atoms with van der Waals surface area (Å²) in [6.07, 6.45) is 0. The summed E-state index contributed by atoms with van der Waals surface area (Å²) < 4.78 is 1.15. The molecule has 0 aliphatic rings. The predicted octanol–water partition coefficient (Wildman–Crippen LogP) is 3.15. The van der Waals surface area contributed by atoms with Crippen LogP contribution >= 0.6 is 38.5 Å². The highest BCUT2D eigenvalue weighted by Gasteiger charge is 2.12. The van der Waals surface area contributed by atoms with Gasteiger partial charge in [-0.3, -0.25) is 4.79 Å². The number of halogens is 2. The molecule has 82 valence electrons. The van der Waals surface area contributed by atoms with Crippen LogP contribution in [0.1, 0.15) is 17.3 Å². The fourth-order valence-corrected chi connectivity index (χ4v) is 2.07. The summed E-state index contributed by atoms with van der Waals surface area (Å²) in [5, 5.41) is 0.816. The van der Waals surface area contributed by atoms with Gasteiger partial charge < -0.3 is 4.90 Å². The van der Waals surface area contributed by atoms with Crippen LogP contribution in [0.3, 0.4) is 0 Å². The van der Waals surface area contributed by atoms with E-state index in [0.29, 0.717) is 0 Å². The Hall–Kier alpha value is -0.100. The number of hydrogen-bond donors (Lipinski definition) is 0. The van der Waals surface area contributed by atoms with Gasteiger partial charge in [0.25, 0.3) is 5.91 Å². The molecule has 0 N–H and O–H groups in total. The summed E-state index contributed by atoms with van der Waals surface area (Å²) in [6.45, 7) is 3.49. The van der Waals surface area contributed by atoms with Crippen LogP contribution in [0.15, 0.2) is 24.3 Å². The first-order valence-electron chi connectivity index (χ1n) is 4.79. The van der Waals surface area contributed by atoms with E-state index in [9.17, 15) is 4.79 Å². The van der Waals surface area contributed by atoms with Crippen LogP contribution in [0.5, 0.6) is 0 Å². The van der Waals surface area contributed by atoms with Crippen molar-refractivity contribution in [3.8, 4) is 0 Å². The molecule has 0 atom stereocenters. The molecule has 1 aromatic carbocycles. The van der Waals surface area contributed by atoms with E-state index in [0.717, 1.165) is 27.6 Å². The predicted molar refractivity (Wildman–Crippen MR) is 74.5 cm³/mol. The van der Waals surface area contributed by atoms with E-state index in [1.165, 1.54) is 0 Å². The monoisotopic (exact) mass is 381 g/mol.